The van der Waals surface area contributed by atoms with Crippen LogP contribution in [0.5, 0.6) is 5.75 Å². The zero-order valence-electron chi connectivity index (χ0n) is 15.7. The lowest BCUT2D eigenvalue weighted by atomic mass is 10.0. The topological polar surface area (TPSA) is 98.2 Å². The van der Waals surface area contributed by atoms with Crippen molar-refractivity contribution in [3.8, 4) is 22.6 Å². The molecule has 6 nitrogen and oxygen atoms in total. The molecule has 1 amide bonds. The number of nitrogens with two attached hydrogens (primary N) is 1. The number of phenols is 1. The number of pyridine rings is 2. The Morgan fingerprint density at radius 1 is 1.00 bits per heavy atom. The summed E-state index contributed by atoms with van der Waals surface area (Å²) in [6, 6.07) is 10.8. The standard InChI is InChI=1S/C22H14F3N3O3/c23-22(24,25)17-10-14(29)2-4-18(17)28-11-16(21(26)31)20(30)15-3-1-13(9-19(15)28)12-5-7-27-8-6-12/h1-11,29H,(H2,26,31). The Balaban J connectivity index is 2.12. The first-order valence-corrected chi connectivity index (χ1v) is 8.97. The SMILES string of the molecule is NC(=O)c1cn(-c2ccc(O)cc2C(F)(F)F)c2cc(-c3ccncc3)ccc2c1=O. The number of halogens is 3. The monoisotopic (exact) mass is 425 g/mol. The van der Waals surface area contributed by atoms with Crippen LogP contribution in [0.1, 0.15) is 15.9 Å². The summed E-state index contributed by atoms with van der Waals surface area (Å²) in [7, 11) is 0. The van der Waals surface area contributed by atoms with E-state index in [0.717, 1.165) is 28.5 Å². The Morgan fingerprint density at radius 2 is 1.71 bits per heavy atom. The summed E-state index contributed by atoms with van der Waals surface area (Å²) in [5.74, 6) is -1.64. The molecule has 4 aromatic rings. The second-order valence-corrected chi connectivity index (χ2v) is 6.77. The van der Waals surface area contributed by atoms with Crippen LogP contribution in [0.3, 0.4) is 0 Å². The summed E-state index contributed by atoms with van der Waals surface area (Å²) in [6.45, 7) is 0. The number of aromatic nitrogens is 2. The number of benzene rings is 2. The summed E-state index contributed by atoms with van der Waals surface area (Å²) in [5.41, 5.74) is 4.15. The van der Waals surface area contributed by atoms with E-state index in [1.165, 1.54) is 6.07 Å². The third-order valence-electron chi connectivity index (χ3n) is 4.83. The first-order valence-electron chi connectivity index (χ1n) is 8.97. The molecule has 0 saturated carbocycles. The Kier molecular flexibility index (Phi) is 4.73. The molecule has 4 rings (SSSR count). The van der Waals surface area contributed by atoms with Crippen LogP contribution in [0.25, 0.3) is 27.7 Å². The van der Waals surface area contributed by atoms with Crippen molar-refractivity contribution in [1.82, 2.24) is 9.55 Å². The van der Waals surface area contributed by atoms with Crippen molar-refractivity contribution in [3.63, 3.8) is 0 Å². The molecular formula is C22H14F3N3O3. The average molecular weight is 425 g/mol. The number of amides is 1. The summed E-state index contributed by atoms with van der Waals surface area (Å²) in [5, 5.41) is 9.62. The number of alkyl halides is 3. The van der Waals surface area contributed by atoms with Crippen LogP contribution >= 0.6 is 0 Å². The zero-order chi connectivity index (χ0) is 22.3. The number of hydrogen-bond donors (Lipinski definition) is 2. The Morgan fingerprint density at radius 3 is 2.35 bits per heavy atom. The van der Waals surface area contributed by atoms with Gasteiger partial charge < -0.3 is 15.4 Å². The summed E-state index contributed by atoms with van der Waals surface area (Å²) in [4.78, 5) is 28.5. The highest BCUT2D eigenvalue weighted by atomic mass is 19.4. The molecule has 0 radical (unpaired) electrons. The lowest BCUT2D eigenvalue weighted by molar-refractivity contribution is -0.137. The number of nitrogens with zero attached hydrogens (tertiary/aromatic N) is 2. The van der Waals surface area contributed by atoms with Crippen LogP contribution in [-0.2, 0) is 6.18 Å². The maximum Gasteiger partial charge on any atom is 0.418 e. The number of primary amides is 1. The number of rotatable bonds is 3. The van der Waals surface area contributed by atoms with Gasteiger partial charge in [-0.05, 0) is 53.6 Å². The molecule has 0 bridgehead atoms. The summed E-state index contributed by atoms with van der Waals surface area (Å²) in [6.07, 6.45) is -0.695. The highest BCUT2D eigenvalue weighted by Crippen LogP contribution is 2.37. The highest BCUT2D eigenvalue weighted by molar-refractivity contribution is 5.97. The predicted octanol–water partition coefficient (Wildman–Crippen LogP) is 3.88. The molecule has 2 aromatic carbocycles. The first-order chi connectivity index (χ1) is 14.7. The lowest BCUT2D eigenvalue weighted by Gasteiger charge is -2.19. The maximum atomic E-state index is 13.7. The minimum absolute atomic E-state index is 0.0234. The van der Waals surface area contributed by atoms with Gasteiger partial charge in [0.2, 0.25) is 5.43 Å². The van der Waals surface area contributed by atoms with E-state index < -0.39 is 34.4 Å². The van der Waals surface area contributed by atoms with Gasteiger partial charge in [-0.2, -0.15) is 13.2 Å². The molecule has 0 aliphatic rings. The molecular weight excluding hydrogens is 411 g/mol. The second kappa shape index (κ2) is 7.28. The minimum atomic E-state index is -4.81. The second-order valence-electron chi connectivity index (χ2n) is 6.77. The third kappa shape index (κ3) is 3.61. The fourth-order valence-electron chi connectivity index (χ4n) is 3.39. The van der Waals surface area contributed by atoms with E-state index in [1.807, 2.05) is 0 Å². The molecule has 0 atom stereocenters. The number of carbonyl (C=O) groups excluding carboxylic acids is 1. The van der Waals surface area contributed by atoms with Crippen LogP contribution < -0.4 is 11.2 Å². The van der Waals surface area contributed by atoms with Gasteiger partial charge in [0.05, 0.1) is 16.8 Å². The van der Waals surface area contributed by atoms with E-state index >= 15 is 0 Å². The van der Waals surface area contributed by atoms with Crippen LogP contribution in [0.15, 0.2) is 71.9 Å². The Hall–Kier alpha value is -4.14. The van der Waals surface area contributed by atoms with Gasteiger partial charge in [0.25, 0.3) is 5.91 Å². The van der Waals surface area contributed by atoms with Crippen molar-refractivity contribution in [2.45, 2.75) is 6.18 Å². The first kappa shape index (κ1) is 20.1. The van der Waals surface area contributed by atoms with Crippen LogP contribution in [0, 0.1) is 0 Å². The van der Waals surface area contributed by atoms with Crippen molar-refractivity contribution in [1.29, 1.82) is 0 Å². The third-order valence-corrected chi connectivity index (χ3v) is 4.83. The molecule has 0 unspecified atom stereocenters. The number of hydrogen-bond acceptors (Lipinski definition) is 4. The molecule has 3 N–H and O–H groups in total. The van der Waals surface area contributed by atoms with Crippen LogP contribution in [-0.4, -0.2) is 20.6 Å². The van der Waals surface area contributed by atoms with Crippen molar-refractivity contribution in [2.75, 3.05) is 0 Å². The van der Waals surface area contributed by atoms with Crippen LogP contribution in [0.4, 0.5) is 13.2 Å². The molecule has 9 heteroatoms. The number of aromatic hydroxyl groups is 1. The molecule has 0 aliphatic heterocycles. The highest BCUT2D eigenvalue weighted by Gasteiger charge is 2.35. The van der Waals surface area contributed by atoms with Gasteiger partial charge in [-0.25, -0.2) is 0 Å². The molecule has 0 aliphatic carbocycles. The Bertz CT molecular complexity index is 1380. The molecule has 0 saturated heterocycles. The summed E-state index contributed by atoms with van der Waals surface area (Å²) >= 11 is 0. The van der Waals surface area contributed by atoms with Crippen molar-refractivity contribution in [2.24, 2.45) is 5.73 Å². The van der Waals surface area contributed by atoms with E-state index in [1.54, 1.807) is 36.7 Å². The molecule has 2 heterocycles. The number of fused-ring (bicyclic) bond motifs is 1. The molecule has 0 fully saturated rings. The van der Waals surface area contributed by atoms with Crippen molar-refractivity contribution < 1.29 is 23.1 Å². The number of phenolic OH excluding ortho intramolecular Hbond substituents is 1. The molecule has 0 spiro atoms. The Labute approximate surface area is 173 Å². The zero-order valence-corrected chi connectivity index (χ0v) is 15.7. The largest absolute Gasteiger partial charge is 0.508 e. The molecule has 31 heavy (non-hydrogen) atoms. The minimum Gasteiger partial charge on any atom is -0.508 e. The van der Waals surface area contributed by atoms with Gasteiger partial charge in [0.15, 0.2) is 0 Å². The fraction of sp³-hybridized carbons (Fsp3) is 0.0455. The maximum absolute atomic E-state index is 13.7. The van der Waals surface area contributed by atoms with Crippen molar-refractivity contribution >= 4 is 16.8 Å². The van der Waals surface area contributed by atoms with Gasteiger partial charge in [0, 0.05) is 24.0 Å². The van der Waals surface area contributed by atoms with E-state index in [9.17, 15) is 27.9 Å². The van der Waals surface area contributed by atoms with Gasteiger partial charge in [0.1, 0.15) is 11.3 Å². The average Bonchev–Trinajstić information content (AvgIpc) is 2.74. The van der Waals surface area contributed by atoms with Gasteiger partial charge >= 0.3 is 6.18 Å². The van der Waals surface area contributed by atoms with E-state index in [0.29, 0.717) is 11.6 Å². The van der Waals surface area contributed by atoms with E-state index in [-0.39, 0.29) is 16.6 Å². The van der Waals surface area contributed by atoms with E-state index in [4.69, 9.17) is 5.73 Å². The normalized spacial score (nSPS) is 11.6. The van der Waals surface area contributed by atoms with Crippen molar-refractivity contribution in [3.05, 3.63) is 88.5 Å². The van der Waals surface area contributed by atoms with E-state index in [2.05, 4.69) is 4.98 Å². The fourth-order valence-corrected chi connectivity index (χ4v) is 3.39. The number of carbonyl (C=O) groups is 1. The smallest absolute Gasteiger partial charge is 0.418 e. The molecule has 156 valence electrons. The molecule has 2 aromatic heterocycles. The van der Waals surface area contributed by atoms with Gasteiger partial charge in [-0.1, -0.05) is 6.07 Å². The quantitative estimate of drug-likeness (QED) is 0.521. The van der Waals surface area contributed by atoms with Gasteiger partial charge in [-0.3, -0.25) is 14.6 Å². The summed E-state index contributed by atoms with van der Waals surface area (Å²) < 4.78 is 42.2. The predicted molar refractivity (Wildman–Crippen MR) is 108 cm³/mol. The van der Waals surface area contributed by atoms with Gasteiger partial charge in [-0.15, -0.1) is 0 Å². The lowest BCUT2D eigenvalue weighted by Crippen LogP contribution is -2.24. The van der Waals surface area contributed by atoms with Crippen LogP contribution in [0.2, 0.25) is 0 Å².